The van der Waals surface area contributed by atoms with Crippen LogP contribution in [0.15, 0.2) is 30.5 Å². The van der Waals surface area contributed by atoms with Gasteiger partial charge in [-0.05, 0) is 17.7 Å². The second-order valence-electron chi connectivity index (χ2n) is 4.33. The van der Waals surface area contributed by atoms with Crippen molar-refractivity contribution in [2.24, 2.45) is 0 Å². The van der Waals surface area contributed by atoms with E-state index in [-0.39, 0.29) is 24.5 Å². The van der Waals surface area contributed by atoms with Crippen molar-refractivity contribution in [2.75, 3.05) is 0 Å². The Balaban J connectivity index is 2.36. The first-order valence-corrected chi connectivity index (χ1v) is 6.00. The number of carboxylic acid groups (broad SMARTS) is 2. The van der Waals surface area contributed by atoms with E-state index in [1.165, 1.54) is 4.57 Å². The maximum Gasteiger partial charge on any atom is 0.354 e. The molecule has 0 amide bonds. The van der Waals surface area contributed by atoms with Gasteiger partial charge in [0.1, 0.15) is 17.9 Å². The molecule has 0 spiro atoms. The maximum atomic E-state index is 11.2. The number of imidazole rings is 1. The molecule has 0 radical (unpaired) electrons. The number of aromatic carboxylic acids is 1. The van der Waals surface area contributed by atoms with Gasteiger partial charge in [0.15, 0.2) is 0 Å². The van der Waals surface area contributed by atoms with E-state index in [0.717, 1.165) is 11.8 Å². The summed E-state index contributed by atoms with van der Waals surface area (Å²) in [5.41, 5.74) is 1.17. The maximum absolute atomic E-state index is 11.2. The number of aliphatic carboxylic acids is 1. The van der Waals surface area contributed by atoms with Gasteiger partial charge in [0, 0.05) is 6.54 Å². The number of hydrogen-bond donors (Lipinski definition) is 2. The number of carboxylic acids is 2. The van der Waals surface area contributed by atoms with Gasteiger partial charge in [0.25, 0.3) is 0 Å². The molecule has 21 heavy (non-hydrogen) atoms. The van der Waals surface area contributed by atoms with Gasteiger partial charge in [-0.2, -0.15) is 5.26 Å². The fourth-order valence-electron chi connectivity index (χ4n) is 1.90. The fourth-order valence-corrected chi connectivity index (χ4v) is 1.90. The Morgan fingerprint density at radius 3 is 2.43 bits per heavy atom. The van der Waals surface area contributed by atoms with E-state index in [0.29, 0.717) is 5.56 Å². The van der Waals surface area contributed by atoms with E-state index in [2.05, 4.69) is 4.98 Å². The van der Waals surface area contributed by atoms with Crippen LogP contribution in [0.4, 0.5) is 0 Å². The van der Waals surface area contributed by atoms with Crippen molar-refractivity contribution in [1.29, 1.82) is 5.26 Å². The minimum Gasteiger partial charge on any atom is -0.481 e. The summed E-state index contributed by atoms with van der Waals surface area (Å²) in [5, 5.41) is 26.7. The number of rotatable bonds is 5. The Morgan fingerprint density at radius 1 is 1.24 bits per heavy atom. The number of carbonyl (C=O) groups is 2. The summed E-state index contributed by atoms with van der Waals surface area (Å²) in [4.78, 5) is 25.8. The number of hydrogen-bond acceptors (Lipinski definition) is 4. The SMILES string of the molecule is N#Cc1ccc(Cn2c(C(=O)O)cnc2CC(=O)O)cc1. The van der Waals surface area contributed by atoms with Crippen LogP contribution in [0.5, 0.6) is 0 Å². The highest BCUT2D eigenvalue weighted by Gasteiger charge is 2.17. The molecule has 0 saturated heterocycles. The van der Waals surface area contributed by atoms with Crippen LogP contribution in [0, 0.1) is 11.3 Å². The monoisotopic (exact) mass is 285 g/mol. The highest BCUT2D eigenvalue weighted by Crippen LogP contribution is 2.12. The summed E-state index contributed by atoms with van der Waals surface area (Å²) >= 11 is 0. The van der Waals surface area contributed by atoms with Crippen LogP contribution in [0.25, 0.3) is 0 Å². The standard InChI is InChI=1S/C14H11N3O4/c15-6-9-1-3-10(4-2-9)8-17-11(14(20)21)7-16-12(17)5-13(18)19/h1-4,7H,5,8H2,(H,18,19)(H,20,21). The molecule has 0 atom stereocenters. The summed E-state index contributed by atoms with van der Waals surface area (Å²) in [6.45, 7) is 0.177. The minimum absolute atomic E-state index is 0.0735. The Hall–Kier alpha value is -3.14. The lowest BCUT2D eigenvalue weighted by Gasteiger charge is -2.09. The first-order valence-electron chi connectivity index (χ1n) is 6.00. The molecule has 2 N–H and O–H groups in total. The van der Waals surface area contributed by atoms with Crippen molar-refractivity contribution in [1.82, 2.24) is 9.55 Å². The molecule has 0 fully saturated rings. The molecule has 0 bridgehead atoms. The van der Waals surface area contributed by atoms with E-state index in [4.69, 9.17) is 15.5 Å². The van der Waals surface area contributed by atoms with Crippen molar-refractivity contribution >= 4 is 11.9 Å². The van der Waals surface area contributed by atoms with Crippen LogP contribution in [0.3, 0.4) is 0 Å². The Morgan fingerprint density at radius 2 is 1.90 bits per heavy atom. The van der Waals surface area contributed by atoms with Crippen LogP contribution in [0.1, 0.15) is 27.4 Å². The van der Waals surface area contributed by atoms with Crippen LogP contribution in [-0.4, -0.2) is 31.7 Å². The fraction of sp³-hybridized carbons (Fsp3) is 0.143. The molecule has 1 aromatic heterocycles. The van der Waals surface area contributed by atoms with Gasteiger partial charge in [-0.1, -0.05) is 12.1 Å². The molecule has 2 rings (SSSR count). The summed E-state index contributed by atoms with van der Waals surface area (Å²) in [6, 6.07) is 8.60. The average Bonchev–Trinajstić information content (AvgIpc) is 2.82. The zero-order valence-corrected chi connectivity index (χ0v) is 10.9. The molecule has 0 unspecified atom stereocenters. The lowest BCUT2D eigenvalue weighted by atomic mass is 10.1. The van der Waals surface area contributed by atoms with Crippen LogP contribution >= 0.6 is 0 Å². The second-order valence-corrected chi connectivity index (χ2v) is 4.33. The second kappa shape index (κ2) is 5.88. The van der Waals surface area contributed by atoms with Gasteiger partial charge in [0.05, 0.1) is 17.8 Å². The van der Waals surface area contributed by atoms with Crippen molar-refractivity contribution in [3.63, 3.8) is 0 Å². The van der Waals surface area contributed by atoms with E-state index < -0.39 is 11.9 Å². The third-order valence-electron chi connectivity index (χ3n) is 2.89. The van der Waals surface area contributed by atoms with Crippen molar-refractivity contribution in [2.45, 2.75) is 13.0 Å². The van der Waals surface area contributed by atoms with Crippen LogP contribution < -0.4 is 0 Å². The van der Waals surface area contributed by atoms with E-state index in [9.17, 15) is 9.59 Å². The Bertz CT molecular complexity index is 726. The largest absolute Gasteiger partial charge is 0.481 e. The lowest BCUT2D eigenvalue weighted by Crippen LogP contribution is -2.15. The molecule has 1 heterocycles. The zero-order chi connectivity index (χ0) is 15.4. The number of nitrogens with zero attached hydrogens (tertiary/aromatic N) is 3. The smallest absolute Gasteiger partial charge is 0.354 e. The predicted molar refractivity (Wildman–Crippen MR) is 70.8 cm³/mol. The van der Waals surface area contributed by atoms with E-state index in [1.54, 1.807) is 24.3 Å². The number of nitriles is 1. The summed E-state index contributed by atoms with van der Waals surface area (Å²) in [6.07, 6.45) is 0.786. The molecule has 106 valence electrons. The van der Waals surface area contributed by atoms with Gasteiger partial charge in [-0.15, -0.1) is 0 Å². The van der Waals surface area contributed by atoms with Gasteiger partial charge >= 0.3 is 11.9 Å². The summed E-state index contributed by atoms with van der Waals surface area (Å²) < 4.78 is 1.35. The number of benzene rings is 1. The van der Waals surface area contributed by atoms with Gasteiger partial charge in [-0.25, -0.2) is 9.78 Å². The predicted octanol–water partition coefficient (Wildman–Crippen LogP) is 1.13. The average molecular weight is 285 g/mol. The zero-order valence-electron chi connectivity index (χ0n) is 10.9. The van der Waals surface area contributed by atoms with Crippen LogP contribution in [0.2, 0.25) is 0 Å². The molecular weight excluding hydrogens is 274 g/mol. The van der Waals surface area contributed by atoms with Crippen LogP contribution in [-0.2, 0) is 17.8 Å². The molecule has 0 aliphatic carbocycles. The lowest BCUT2D eigenvalue weighted by molar-refractivity contribution is -0.136. The summed E-state index contributed by atoms with van der Waals surface area (Å²) in [5.74, 6) is -2.09. The molecule has 1 aromatic carbocycles. The van der Waals surface area contributed by atoms with Crippen molar-refractivity contribution in [3.8, 4) is 6.07 Å². The van der Waals surface area contributed by atoms with Gasteiger partial charge in [-0.3, -0.25) is 4.79 Å². The van der Waals surface area contributed by atoms with Gasteiger partial charge in [0.2, 0.25) is 0 Å². The normalized spacial score (nSPS) is 10.0. The minimum atomic E-state index is -1.17. The first-order chi connectivity index (χ1) is 10.0. The first kappa shape index (κ1) is 14.3. The van der Waals surface area contributed by atoms with E-state index >= 15 is 0 Å². The van der Waals surface area contributed by atoms with E-state index in [1.807, 2.05) is 6.07 Å². The third-order valence-corrected chi connectivity index (χ3v) is 2.89. The summed E-state index contributed by atoms with van der Waals surface area (Å²) in [7, 11) is 0. The Kier molecular flexibility index (Phi) is 4.00. The van der Waals surface area contributed by atoms with Gasteiger partial charge < -0.3 is 14.8 Å². The quantitative estimate of drug-likeness (QED) is 0.850. The molecule has 0 aliphatic rings. The molecule has 7 heteroatoms. The number of aromatic nitrogens is 2. The Labute approximate surface area is 119 Å². The molecule has 7 nitrogen and oxygen atoms in total. The van der Waals surface area contributed by atoms with Crippen molar-refractivity contribution < 1.29 is 19.8 Å². The molecule has 2 aromatic rings. The third kappa shape index (κ3) is 3.25. The molecule has 0 aliphatic heterocycles. The molecule has 0 saturated carbocycles. The molecular formula is C14H11N3O4. The topological polar surface area (TPSA) is 116 Å². The van der Waals surface area contributed by atoms with Crippen molar-refractivity contribution in [3.05, 3.63) is 53.1 Å². The highest BCUT2D eigenvalue weighted by molar-refractivity contribution is 5.85. The highest BCUT2D eigenvalue weighted by atomic mass is 16.4.